The molecule has 1 saturated heterocycles. The van der Waals surface area contributed by atoms with Gasteiger partial charge in [-0.15, -0.1) is 0 Å². The third kappa shape index (κ3) is 4.89. The number of nitrogens with zero attached hydrogens (tertiary/aromatic N) is 2. The molecule has 0 aliphatic carbocycles. The number of hydrogen-bond acceptors (Lipinski definition) is 5. The summed E-state index contributed by atoms with van der Waals surface area (Å²) in [6.45, 7) is 3.95. The maximum Gasteiger partial charge on any atom is 0.272 e. The molecule has 1 aliphatic rings. The molecule has 1 aromatic heterocycles. The van der Waals surface area contributed by atoms with E-state index in [2.05, 4.69) is 20.4 Å². The third-order valence-corrected chi connectivity index (χ3v) is 5.88. The molecule has 0 amide bonds. The number of benzene rings is 2. The minimum absolute atomic E-state index is 0.202. The summed E-state index contributed by atoms with van der Waals surface area (Å²) in [7, 11) is 0. The maximum atomic E-state index is 12.4. The van der Waals surface area contributed by atoms with Crippen LogP contribution in [-0.2, 0) is 6.54 Å². The summed E-state index contributed by atoms with van der Waals surface area (Å²) in [6.07, 6.45) is 4.08. The van der Waals surface area contributed by atoms with E-state index in [0.717, 1.165) is 29.8 Å². The molecule has 156 valence electrons. The van der Waals surface area contributed by atoms with Crippen molar-refractivity contribution in [2.24, 2.45) is 0 Å². The van der Waals surface area contributed by atoms with Crippen molar-refractivity contribution < 1.29 is 4.79 Å². The first kappa shape index (κ1) is 20.6. The number of aromatic nitrogens is 2. The topological polar surface area (TPSA) is 78.1 Å². The van der Waals surface area contributed by atoms with Gasteiger partial charge in [0.25, 0.3) is 5.56 Å². The fourth-order valence-electron chi connectivity index (χ4n) is 3.87. The molecule has 1 fully saturated rings. The molecule has 1 aliphatic heterocycles. The van der Waals surface area contributed by atoms with E-state index >= 15 is 0 Å². The number of nitrogens with one attached hydrogen (secondary N) is 2. The van der Waals surface area contributed by atoms with E-state index in [1.54, 1.807) is 12.1 Å². The first-order valence-electron chi connectivity index (χ1n) is 10.4. The Labute approximate surface area is 180 Å². The molecule has 0 radical (unpaired) electrons. The van der Waals surface area contributed by atoms with E-state index in [-0.39, 0.29) is 16.5 Å². The highest BCUT2D eigenvalue weighted by atomic mass is 35.5. The first-order chi connectivity index (χ1) is 14.6. The number of fused-ring (bicyclic) bond motifs is 1. The monoisotopic (exact) mass is 424 g/mol. The fraction of sp³-hybridized carbons (Fsp3) is 0.348. The molecule has 4 rings (SSSR count). The van der Waals surface area contributed by atoms with Gasteiger partial charge in [-0.25, -0.2) is 5.10 Å². The number of halogens is 1. The summed E-state index contributed by atoms with van der Waals surface area (Å²) in [5.41, 5.74) is 2.37. The van der Waals surface area contributed by atoms with Gasteiger partial charge in [0.05, 0.1) is 5.39 Å². The second-order valence-corrected chi connectivity index (χ2v) is 8.09. The SMILES string of the molecule is O=C(CCCN1CCCC1)c1ccc(CNc2ccc3c(Cl)n[nH]c(=O)c3c2)cc1. The Kier molecular flexibility index (Phi) is 6.45. The average Bonchev–Trinajstić information content (AvgIpc) is 3.29. The van der Waals surface area contributed by atoms with Crippen LogP contribution in [0.25, 0.3) is 10.8 Å². The lowest BCUT2D eigenvalue weighted by Gasteiger charge is -2.13. The molecule has 2 heterocycles. The number of H-pyrrole nitrogens is 1. The largest absolute Gasteiger partial charge is 0.381 e. The van der Waals surface area contributed by atoms with Crippen LogP contribution >= 0.6 is 11.6 Å². The van der Waals surface area contributed by atoms with Gasteiger partial charge in [-0.2, -0.15) is 5.10 Å². The second kappa shape index (κ2) is 9.41. The smallest absolute Gasteiger partial charge is 0.272 e. The van der Waals surface area contributed by atoms with Crippen molar-refractivity contribution in [2.45, 2.75) is 32.2 Å². The van der Waals surface area contributed by atoms with Crippen molar-refractivity contribution in [3.8, 4) is 0 Å². The van der Waals surface area contributed by atoms with E-state index in [1.807, 2.05) is 30.3 Å². The van der Waals surface area contributed by atoms with E-state index in [1.165, 1.54) is 25.9 Å². The highest BCUT2D eigenvalue weighted by molar-refractivity contribution is 6.34. The van der Waals surface area contributed by atoms with Gasteiger partial charge in [-0.1, -0.05) is 35.9 Å². The van der Waals surface area contributed by atoms with E-state index in [9.17, 15) is 9.59 Å². The summed E-state index contributed by atoms with van der Waals surface area (Å²) in [5, 5.41) is 10.9. The van der Waals surface area contributed by atoms with Crippen LogP contribution in [0.1, 0.15) is 41.6 Å². The second-order valence-electron chi connectivity index (χ2n) is 7.73. The van der Waals surface area contributed by atoms with Crippen molar-refractivity contribution in [3.05, 3.63) is 69.1 Å². The van der Waals surface area contributed by atoms with Gasteiger partial charge in [-0.05, 0) is 62.7 Å². The number of rotatable bonds is 8. The number of ketones is 1. The van der Waals surface area contributed by atoms with Crippen molar-refractivity contribution in [2.75, 3.05) is 25.0 Å². The van der Waals surface area contributed by atoms with Gasteiger partial charge >= 0.3 is 0 Å². The molecule has 2 N–H and O–H groups in total. The van der Waals surface area contributed by atoms with Gasteiger partial charge in [-0.3, -0.25) is 9.59 Å². The van der Waals surface area contributed by atoms with Crippen molar-refractivity contribution in [3.63, 3.8) is 0 Å². The highest BCUT2D eigenvalue weighted by Gasteiger charge is 2.12. The third-order valence-electron chi connectivity index (χ3n) is 5.59. The summed E-state index contributed by atoms with van der Waals surface area (Å²) in [5.74, 6) is 0.202. The van der Waals surface area contributed by atoms with Gasteiger partial charge in [0.2, 0.25) is 0 Å². The van der Waals surface area contributed by atoms with E-state index < -0.39 is 0 Å². The summed E-state index contributed by atoms with van der Waals surface area (Å²) in [6, 6.07) is 13.1. The quantitative estimate of drug-likeness (QED) is 0.528. The summed E-state index contributed by atoms with van der Waals surface area (Å²) in [4.78, 5) is 26.8. The Morgan fingerprint density at radius 1 is 1.10 bits per heavy atom. The maximum absolute atomic E-state index is 12.4. The molecule has 7 heteroatoms. The van der Waals surface area contributed by atoms with Crippen LogP contribution in [-0.4, -0.2) is 40.5 Å². The Hall–Kier alpha value is -2.70. The normalized spacial score (nSPS) is 14.3. The zero-order valence-electron chi connectivity index (χ0n) is 16.8. The van der Waals surface area contributed by atoms with Gasteiger partial charge < -0.3 is 10.2 Å². The summed E-state index contributed by atoms with van der Waals surface area (Å²) < 4.78 is 0. The van der Waals surface area contributed by atoms with Gasteiger partial charge in [0.15, 0.2) is 10.9 Å². The van der Waals surface area contributed by atoms with E-state index in [0.29, 0.717) is 23.7 Å². The predicted octanol–water partition coefficient (Wildman–Crippen LogP) is 4.25. The Morgan fingerprint density at radius 3 is 2.63 bits per heavy atom. The molecule has 0 unspecified atom stereocenters. The predicted molar refractivity (Wildman–Crippen MR) is 120 cm³/mol. The number of carbonyl (C=O) groups is 1. The fourth-order valence-corrected chi connectivity index (χ4v) is 4.08. The van der Waals surface area contributed by atoms with E-state index in [4.69, 9.17) is 11.6 Å². The van der Waals surface area contributed by atoms with Crippen LogP contribution in [0.3, 0.4) is 0 Å². The number of anilines is 1. The standard InChI is InChI=1S/C23H25ClN4O2/c24-22-19-10-9-18(14-20(19)23(30)27-26-22)25-15-16-5-7-17(8-6-16)21(29)4-3-13-28-11-1-2-12-28/h5-10,14,25H,1-4,11-13,15H2,(H,27,30). The molecular weight excluding hydrogens is 400 g/mol. The molecule has 0 spiro atoms. The number of carbonyl (C=O) groups excluding carboxylic acids is 1. The molecular formula is C23H25ClN4O2. The highest BCUT2D eigenvalue weighted by Crippen LogP contribution is 2.21. The number of hydrogen-bond donors (Lipinski definition) is 2. The minimum atomic E-state index is -0.273. The molecule has 30 heavy (non-hydrogen) atoms. The molecule has 0 atom stereocenters. The Bertz CT molecular complexity index is 1090. The number of aromatic amines is 1. The molecule has 2 aromatic carbocycles. The zero-order chi connectivity index (χ0) is 20.9. The molecule has 0 bridgehead atoms. The van der Waals surface area contributed by atoms with Crippen LogP contribution in [0.4, 0.5) is 5.69 Å². The first-order valence-corrected chi connectivity index (χ1v) is 10.7. The van der Waals surface area contributed by atoms with Crippen LogP contribution in [0.15, 0.2) is 47.3 Å². The van der Waals surface area contributed by atoms with Gasteiger partial charge in [0, 0.05) is 29.6 Å². The van der Waals surface area contributed by atoms with Crippen LogP contribution in [0.5, 0.6) is 0 Å². The molecule has 0 saturated carbocycles. The lowest BCUT2D eigenvalue weighted by Crippen LogP contribution is -2.21. The van der Waals surface area contributed by atoms with Crippen LogP contribution in [0, 0.1) is 0 Å². The molecule has 3 aromatic rings. The Balaban J connectivity index is 1.32. The zero-order valence-corrected chi connectivity index (χ0v) is 17.5. The van der Waals surface area contributed by atoms with Crippen molar-refractivity contribution >= 4 is 33.8 Å². The number of likely N-dealkylation sites (tertiary alicyclic amines) is 1. The lowest BCUT2D eigenvalue weighted by atomic mass is 10.0. The van der Waals surface area contributed by atoms with Gasteiger partial charge in [0.1, 0.15) is 0 Å². The average molecular weight is 425 g/mol. The summed E-state index contributed by atoms with van der Waals surface area (Å²) >= 11 is 6.03. The lowest BCUT2D eigenvalue weighted by molar-refractivity contribution is 0.0976. The van der Waals surface area contributed by atoms with Crippen LogP contribution in [0.2, 0.25) is 5.15 Å². The number of Topliss-reactive ketones (excluding diaryl/α,β-unsaturated/α-hetero) is 1. The van der Waals surface area contributed by atoms with Crippen molar-refractivity contribution in [1.82, 2.24) is 15.1 Å². The van der Waals surface area contributed by atoms with Crippen LogP contribution < -0.4 is 10.9 Å². The molecule has 6 nitrogen and oxygen atoms in total. The minimum Gasteiger partial charge on any atom is -0.381 e. The Morgan fingerprint density at radius 2 is 1.87 bits per heavy atom. The van der Waals surface area contributed by atoms with Crippen molar-refractivity contribution in [1.29, 1.82) is 0 Å².